The van der Waals surface area contributed by atoms with Gasteiger partial charge in [0.15, 0.2) is 0 Å². The third-order valence-corrected chi connectivity index (χ3v) is 5.77. The first kappa shape index (κ1) is 19.2. The van der Waals surface area contributed by atoms with Gasteiger partial charge in [0.1, 0.15) is 0 Å². The van der Waals surface area contributed by atoms with Crippen molar-refractivity contribution in [3.05, 3.63) is 47.5 Å². The van der Waals surface area contributed by atoms with Crippen LogP contribution in [-0.4, -0.2) is 61.3 Å². The van der Waals surface area contributed by atoms with E-state index in [-0.39, 0.29) is 0 Å². The van der Waals surface area contributed by atoms with Gasteiger partial charge < -0.3 is 19.9 Å². The number of hydrogen-bond donors (Lipinski definition) is 1. The second kappa shape index (κ2) is 8.50. The van der Waals surface area contributed by atoms with Crippen molar-refractivity contribution in [1.29, 1.82) is 5.26 Å². The summed E-state index contributed by atoms with van der Waals surface area (Å²) < 4.78 is 5.07. The maximum absolute atomic E-state index is 12.3. The van der Waals surface area contributed by atoms with Crippen molar-refractivity contribution in [2.75, 3.05) is 39.3 Å². The molecule has 0 radical (unpaired) electrons. The van der Waals surface area contributed by atoms with Crippen LogP contribution in [0.5, 0.6) is 0 Å². The van der Waals surface area contributed by atoms with E-state index in [1.165, 1.54) is 5.56 Å². The summed E-state index contributed by atoms with van der Waals surface area (Å²) in [6.07, 6.45) is 0.566. The van der Waals surface area contributed by atoms with Crippen molar-refractivity contribution in [3.8, 4) is 6.07 Å². The van der Waals surface area contributed by atoms with Gasteiger partial charge in [0.2, 0.25) is 0 Å². The number of nitrogens with zero attached hydrogens (tertiary/aromatic N) is 3. The van der Waals surface area contributed by atoms with Crippen LogP contribution in [0.3, 0.4) is 0 Å². The van der Waals surface area contributed by atoms with Crippen molar-refractivity contribution in [2.45, 2.75) is 18.8 Å². The van der Waals surface area contributed by atoms with E-state index in [0.717, 1.165) is 36.7 Å². The van der Waals surface area contributed by atoms with Gasteiger partial charge in [-0.25, -0.2) is 9.59 Å². The van der Waals surface area contributed by atoms with E-state index >= 15 is 0 Å². The molecule has 0 aliphatic carbocycles. The molecule has 2 aliphatic rings. The van der Waals surface area contributed by atoms with Gasteiger partial charge in [0.05, 0.1) is 11.6 Å². The lowest BCUT2D eigenvalue weighted by molar-refractivity contribution is 0.0853. The molecule has 7 heteroatoms. The Morgan fingerprint density at radius 1 is 0.931 bits per heavy atom. The fraction of sp³-hybridized carbons (Fsp3) is 0.409. The van der Waals surface area contributed by atoms with Crippen LogP contribution < -0.4 is 5.32 Å². The molecule has 7 nitrogen and oxygen atoms in total. The zero-order valence-electron chi connectivity index (χ0n) is 16.3. The normalized spacial score (nSPS) is 17.8. The van der Waals surface area contributed by atoms with Gasteiger partial charge in [-0.15, -0.1) is 0 Å². The maximum atomic E-state index is 12.3. The number of amides is 2. The summed E-state index contributed by atoms with van der Waals surface area (Å²) in [5.41, 5.74) is 1.90. The fourth-order valence-corrected chi connectivity index (χ4v) is 4.03. The number of benzene rings is 2. The van der Waals surface area contributed by atoms with Crippen LogP contribution in [-0.2, 0) is 4.74 Å². The molecule has 2 aliphatic heterocycles. The second-order valence-corrected chi connectivity index (χ2v) is 7.57. The third-order valence-electron chi connectivity index (χ3n) is 5.77. The number of hydrogen-bond acceptors (Lipinski definition) is 5. The minimum Gasteiger partial charge on any atom is -0.359 e. The number of likely N-dealkylation sites (tertiary alicyclic amines) is 1. The van der Waals surface area contributed by atoms with Crippen LogP contribution in [0.1, 0.15) is 29.9 Å². The van der Waals surface area contributed by atoms with Crippen molar-refractivity contribution in [1.82, 2.24) is 15.1 Å². The molecule has 2 heterocycles. The lowest BCUT2D eigenvalue weighted by Crippen LogP contribution is -2.48. The summed E-state index contributed by atoms with van der Waals surface area (Å²) in [4.78, 5) is 27.6. The topological polar surface area (TPSA) is 85.7 Å². The van der Waals surface area contributed by atoms with Gasteiger partial charge in [0, 0.05) is 39.3 Å². The second-order valence-electron chi connectivity index (χ2n) is 7.57. The molecule has 2 aromatic rings. The monoisotopic (exact) mass is 392 g/mol. The van der Waals surface area contributed by atoms with Crippen molar-refractivity contribution in [3.63, 3.8) is 0 Å². The molecule has 0 bridgehead atoms. The molecule has 29 heavy (non-hydrogen) atoms. The van der Waals surface area contributed by atoms with E-state index in [9.17, 15) is 9.59 Å². The van der Waals surface area contributed by atoms with E-state index in [2.05, 4.69) is 29.6 Å². The molecule has 2 fully saturated rings. The average Bonchev–Trinajstić information content (AvgIpc) is 2.79. The van der Waals surface area contributed by atoms with Crippen LogP contribution in [0.4, 0.5) is 9.59 Å². The van der Waals surface area contributed by atoms with Gasteiger partial charge in [-0.3, -0.25) is 0 Å². The number of piperidine rings is 1. The summed E-state index contributed by atoms with van der Waals surface area (Å²) in [6.45, 7) is 3.71. The Morgan fingerprint density at radius 3 is 2.24 bits per heavy atom. The molecule has 0 atom stereocenters. The van der Waals surface area contributed by atoms with Crippen molar-refractivity contribution in [2.24, 2.45) is 0 Å². The lowest BCUT2D eigenvalue weighted by atomic mass is 9.88. The average molecular weight is 392 g/mol. The van der Waals surface area contributed by atoms with Crippen LogP contribution >= 0.6 is 0 Å². The number of carbonyl (C=O) groups excluding carboxylic acids is 2. The predicted molar refractivity (Wildman–Crippen MR) is 109 cm³/mol. The molecular formula is C22H24N4O3. The van der Waals surface area contributed by atoms with Crippen LogP contribution in [0.15, 0.2) is 36.4 Å². The number of rotatable bonds is 1. The Hall–Kier alpha value is -3.11. The first-order valence-corrected chi connectivity index (χ1v) is 10.0. The Kier molecular flexibility index (Phi) is 5.63. The number of nitrogens with one attached hydrogen (secondary N) is 1. The lowest BCUT2D eigenvalue weighted by Gasteiger charge is -2.32. The number of carbonyl (C=O) groups is 2. The van der Waals surface area contributed by atoms with E-state index in [4.69, 9.17) is 10.00 Å². The smallest absolute Gasteiger partial charge is 0.359 e. The first-order chi connectivity index (χ1) is 14.1. The van der Waals surface area contributed by atoms with Gasteiger partial charge in [0.25, 0.3) is 0 Å². The van der Waals surface area contributed by atoms with Gasteiger partial charge in [-0.05, 0) is 47.2 Å². The van der Waals surface area contributed by atoms with Crippen LogP contribution in [0.25, 0.3) is 10.8 Å². The number of fused-ring (bicyclic) bond motifs is 1. The minimum absolute atomic E-state index is 0.364. The molecule has 150 valence electrons. The number of piperazine rings is 1. The van der Waals surface area contributed by atoms with E-state index in [1.54, 1.807) is 9.80 Å². The molecule has 1 N–H and O–H groups in total. The van der Waals surface area contributed by atoms with Gasteiger partial charge in [-0.1, -0.05) is 24.3 Å². The van der Waals surface area contributed by atoms with Crippen molar-refractivity contribution >= 4 is 23.0 Å². The summed E-state index contributed by atoms with van der Waals surface area (Å²) in [6, 6.07) is 14.2. The summed E-state index contributed by atoms with van der Waals surface area (Å²) in [7, 11) is 0. The SMILES string of the molecule is N#Cc1ccc2cc(C3CCN(C(=O)OC(=O)N4CCNCC4)CC3)ccc2c1. The number of ether oxygens (including phenoxy) is 1. The van der Waals surface area contributed by atoms with E-state index in [1.807, 2.05) is 18.2 Å². The molecular weight excluding hydrogens is 368 g/mol. The third kappa shape index (κ3) is 4.33. The summed E-state index contributed by atoms with van der Waals surface area (Å²) in [5.74, 6) is 0.364. The van der Waals surface area contributed by atoms with Crippen molar-refractivity contribution < 1.29 is 14.3 Å². The van der Waals surface area contributed by atoms with Crippen LogP contribution in [0, 0.1) is 11.3 Å². The zero-order valence-corrected chi connectivity index (χ0v) is 16.3. The van der Waals surface area contributed by atoms with Gasteiger partial charge >= 0.3 is 12.2 Å². The Morgan fingerprint density at radius 2 is 1.55 bits per heavy atom. The first-order valence-electron chi connectivity index (χ1n) is 10.0. The highest BCUT2D eigenvalue weighted by molar-refractivity contribution is 5.85. The van der Waals surface area contributed by atoms with Crippen LogP contribution in [0.2, 0.25) is 0 Å². The molecule has 4 rings (SSSR count). The zero-order chi connectivity index (χ0) is 20.2. The van der Waals surface area contributed by atoms with E-state index in [0.29, 0.717) is 37.7 Å². The quantitative estimate of drug-likeness (QED) is 0.754. The predicted octanol–water partition coefficient (Wildman–Crippen LogP) is 3.05. The minimum atomic E-state index is -0.551. The molecule has 0 spiro atoms. The standard InChI is InChI=1S/C22H24N4O3/c23-15-16-1-2-20-14-19(4-3-18(20)13-16)17-5-9-25(10-6-17)21(27)29-22(28)26-11-7-24-8-12-26/h1-4,13-14,17,24H,5-12H2. The van der Waals surface area contributed by atoms with E-state index < -0.39 is 12.2 Å². The summed E-state index contributed by atoms with van der Waals surface area (Å²) >= 11 is 0. The Bertz CT molecular complexity index is 954. The molecule has 0 unspecified atom stereocenters. The highest BCUT2D eigenvalue weighted by atomic mass is 16.6. The summed E-state index contributed by atoms with van der Waals surface area (Å²) in [5, 5.41) is 14.4. The molecule has 0 saturated carbocycles. The largest absolute Gasteiger partial charge is 0.418 e. The highest BCUT2D eigenvalue weighted by Gasteiger charge is 2.28. The number of nitriles is 1. The molecule has 2 amide bonds. The highest BCUT2D eigenvalue weighted by Crippen LogP contribution is 2.30. The Balaban J connectivity index is 1.34. The fourth-order valence-electron chi connectivity index (χ4n) is 4.03. The molecule has 2 aromatic carbocycles. The molecule has 2 saturated heterocycles. The Labute approximate surface area is 169 Å². The maximum Gasteiger partial charge on any atom is 0.418 e. The van der Waals surface area contributed by atoms with Gasteiger partial charge in [-0.2, -0.15) is 5.26 Å². The molecule has 0 aromatic heterocycles.